The van der Waals surface area contributed by atoms with Gasteiger partial charge in [-0.2, -0.15) is 0 Å². The molecule has 2 saturated heterocycles. The first-order valence-corrected chi connectivity index (χ1v) is 7.78. The van der Waals surface area contributed by atoms with Crippen molar-refractivity contribution in [3.63, 3.8) is 0 Å². The van der Waals surface area contributed by atoms with Gasteiger partial charge in [0.1, 0.15) is 6.10 Å². The van der Waals surface area contributed by atoms with Gasteiger partial charge in [0, 0.05) is 18.5 Å². The van der Waals surface area contributed by atoms with Gasteiger partial charge < -0.3 is 14.7 Å². The molecule has 21 heavy (non-hydrogen) atoms. The van der Waals surface area contributed by atoms with Crippen LogP contribution in [-0.4, -0.2) is 47.3 Å². The first-order valence-electron chi connectivity index (χ1n) is 7.78. The predicted molar refractivity (Wildman–Crippen MR) is 79.8 cm³/mol. The minimum atomic E-state index is -1.07. The second-order valence-corrected chi connectivity index (χ2v) is 6.29. The van der Waals surface area contributed by atoms with Crippen LogP contribution in [0.2, 0.25) is 0 Å². The Bertz CT molecular complexity index is 476. The van der Waals surface area contributed by atoms with Gasteiger partial charge in [-0.3, -0.25) is 0 Å². The average molecular weight is 291 g/mol. The fraction of sp³-hybridized carbons (Fsp3) is 0.588. The number of rotatable bonds is 4. The van der Waals surface area contributed by atoms with Crippen LogP contribution in [0.5, 0.6) is 0 Å². The molecule has 1 aromatic carbocycles. The molecule has 0 aliphatic carbocycles. The van der Waals surface area contributed by atoms with Crippen LogP contribution in [-0.2, 0) is 16.0 Å². The summed E-state index contributed by atoms with van der Waals surface area (Å²) in [5.74, 6) is -0.479. The Hall–Kier alpha value is -1.39. The number of fused-ring (bicyclic) bond motifs is 2. The summed E-state index contributed by atoms with van der Waals surface area (Å²) in [6, 6.07) is 10.6. The van der Waals surface area contributed by atoms with Crippen molar-refractivity contribution in [3.8, 4) is 0 Å². The number of aliphatic hydroxyl groups is 1. The molecule has 2 aliphatic rings. The Morgan fingerprint density at radius 1 is 1.29 bits per heavy atom. The van der Waals surface area contributed by atoms with Gasteiger partial charge >= 0.3 is 5.97 Å². The van der Waals surface area contributed by atoms with Gasteiger partial charge in [-0.25, -0.2) is 4.79 Å². The van der Waals surface area contributed by atoms with Crippen molar-refractivity contribution < 1.29 is 14.6 Å². The summed E-state index contributed by atoms with van der Waals surface area (Å²) < 4.78 is 5.54. The predicted octanol–water partition coefficient (Wildman–Crippen LogP) is 1.76. The molecule has 2 fully saturated rings. The molecule has 114 valence electrons. The summed E-state index contributed by atoms with van der Waals surface area (Å²) in [6.07, 6.45) is 3.41. The van der Waals surface area contributed by atoms with Crippen LogP contribution in [0.4, 0.5) is 0 Å². The van der Waals surface area contributed by atoms with Crippen LogP contribution < -0.4 is 0 Å². The van der Waals surface area contributed by atoms with Gasteiger partial charge in [0.25, 0.3) is 0 Å². The smallest absolute Gasteiger partial charge is 0.335 e. The SMILES string of the molecule is CN1[C@@H]2CC[C@H]1CC(O[13C](=O)[C@H](O)[13CH2]c1ccccc1)C2. The second kappa shape index (κ2) is 6.16. The van der Waals surface area contributed by atoms with E-state index in [1.54, 1.807) is 0 Å². The quantitative estimate of drug-likeness (QED) is 0.678. The first kappa shape index (κ1) is 14.5. The number of carbonyl (C=O) groups is 1. The van der Waals surface area contributed by atoms with E-state index in [1.807, 2.05) is 30.3 Å². The third kappa shape index (κ3) is 3.27. The highest BCUT2D eigenvalue weighted by Gasteiger charge is 2.40. The number of benzene rings is 1. The second-order valence-electron chi connectivity index (χ2n) is 6.29. The van der Waals surface area contributed by atoms with Crippen molar-refractivity contribution in [2.75, 3.05) is 7.05 Å². The van der Waals surface area contributed by atoms with Crippen molar-refractivity contribution >= 4 is 5.97 Å². The van der Waals surface area contributed by atoms with Crippen LogP contribution in [0, 0.1) is 0 Å². The lowest BCUT2D eigenvalue weighted by molar-refractivity contribution is -0.162. The van der Waals surface area contributed by atoms with Crippen LogP contribution >= 0.6 is 0 Å². The highest BCUT2D eigenvalue weighted by Crippen LogP contribution is 2.35. The molecule has 0 radical (unpaired) electrons. The molecular formula is C17H23NO3. The number of carbonyl (C=O) groups excluding carboxylic acids is 1. The zero-order valence-electron chi connectivity index (χ0n) is 12.4. The molecule has 1 N–H and O–H groups in total. The van der Waals surface area contributed by atoms with Crippen LogP contribution in [0.3, 0.4) is 0 Å². The lowest BCUT2D eigenvalue weighted by Crippen LogP contribution is -2.44. The van der Waals surface area contributed by atoms with Crippen LogP contribution in [0.1, 0.15) is 31.2 Å². The molecule has 2 heterocycles. The number of hydrogen-bond donors (Lipinski definition) is 1. The summed E-state index contributed by atoms with van der Waals surface area (Å²) in [5.41, 5.74) is 0.949. The minimum absolute atomic E-state index is 0.0309. The highest BCUT2D eigenvalue weighted by molar-refractivity contribution is 5.75. The van der Waals surface area contributed by atoms with E-state index in [0.29, 0.717) is 18.5 Å². The van der Waals surface area contributed by atoms with Crippen molar-refractivity contribution in [1.29, 1.82) is 0 Å². The lowest BCUT2D eigenvalue weighted by Gasteiger charge is -2.36. The van der Waals surface area contributed by atoms with E-state index in [1.165, 1.54) is 12.8 Å². The van der Waals surface area contributed by atoms with E-state index in [4.69, 9.17) is 4.74 Å². The molecule has 3 rings (SSSR count). The van der Waals surface area contributed by atoms with Gasteiger partial charge in [0.2, 0.25) is 0 Å². The maximum absolute atomic E-state index is 12.0. The van der Waals surface area contributed by atoms with Gasteiger partial charge in [-0.1, -0.05) is 30.3 Å². The third-order valence-electron chi connectivity index (χ3n) is 4.88. The van der Waals surface area contributed by atoms with E-state index in [0.717, 1.165) is 18.4 Å². The molecule has 0 saturated carbocycles. The topological polar surface area (TPSA) is 49.8 Å². The molecule has 4 heteroatoms. The normalized spacial score (nSPS) is 30.1. The van der Waals surface area contributed by atoms with Crippen molar-refractivity contribution in [2.24, 2.45) is 0 Å². The van der Waals surface area contributed by atoms with Crippen LogP contribution in [0.15, 0.2) is 30.3 Å². The van der Waals surface area contributed by atoms with E-state index in [-0.39, 0.29) is 6.10 Å². The van der Waals surface area contributed by atoms with Crippen molar-refractivity contribution in [2.45, 2.75) is 56.4 Å². The summed E-state index contributed by atoms with van der Waals surface area (Å²) in [4.78, 5) is 14.5. The Morgan fingerprint density at radius 3 is 2.52 bits per heavy atom. The molecule has 2 aliphatic heterocycles. The molecule has 1 aromatic rings. The third-order valence-corrected chi connectivity index (χ3v) is 4.88. The monoisotopic (exact) mass is 291 g/mol. The molecule has 2 bridgehead atoms. The molecule has 0 aromatic heterocycles. The van der Waals surface area contributed by atoms with E-state index in [2.05, 4.69) is 11.9 Å². The number of nitrogens with zero attached hydrogens (tertiary/aromatic N) is 1. The molecule has 0 amide bonds. The zero-order chi connectivity index (χ0) is 14.8. The number of hydrogen-bond acceptors (Lipinski definition) is 4. The maximum atomic E-state index is 12.0. The molecule has 1 unspecified atom stereocenters. The largest absolute Gasteiger partial charge is 0.460 e. The number of ether oxygens (including phenoxy) is 1. The van der Waals surface area contributed by atoms with Gasteiger partial charge in [-0.05, 0) is 38.3 Å². The first-order chi connectivity index (χ1) is 10.1. The average Bonchev–Trinajstić information content (AvgIpc) is 2.71. The van der Waals surface area contributed by atoms with Gasteiger partial charge in [0.05, 0.1) is 0 Å². The molecule has 0 spiro atoms. The Morgan fingerprint density at radius 2 is 1.90 bits per heavy atom. The standard InChI is InChI=1S/C17H23NO3/c1-18-13-7-8-14(18)11-15(10-13)21-17(20)16(19)9-12-5-3-2-4-6-12/h2-6,13-16,19H,7-11H2,1H3/t13-,14+,15?,16-/m1/s1/i9+1,17+1. The lowest BCUT2D eigenvalue weighted by atomic mass is 10.0. The van der Waals surface area contributed by atoms with Crippen molar-refractivity contribution in [3.05, 3.63) is 35.9 Å². The van der Waals surface area contributed by atoms with E-state index >= 15 is 0 Å². The fourth-order valence-corrected chi connectivity index (χ4v) is 3.62. The van der Waals surface area contributed by atoms with Gasteiger partial charge in [-0.15, -0.1) is 0 Å². The highest BCUT2D eigenvalue weighted by atomic mass is 16.6. The number of aliphatic hydroxyl groups excluding tert-OH is 1. The summed E-state index contributed by atoms with van der Waals surface area (Å²) in [7, 11) is 2.16. The zero-order valence-corrected chi connectivity index (χ0v) is 12.4. The molecule has 4 atom stereocenters. The minimum Gasteiger partial charge on any atom is -0.460 e. The van der Waals surface area contributed by atoms with Crippen molar-refractivity contribution in [1.82, 2.24) is 4.90 Å². The number of esters is 1. The van der Waals surface area contributed by atoms with E-state index in [9.17, 15) is 9.90 Å². The van der Waals surface area contributed by atoms with Crippen LogP contribution in [0.25, 0.3) is 0 Å². The Labute approximate surface area is 125 Å². The Balaban J connectivity index is 1.52. The van der Waals surface area contributed by atoms with Gasteiger partial charge in [0.15, 0.2) is 6.10 Å². The molecule has 4 nitrogen and oxygen atoms in total. The fourth-order valence-electron chi connectivity index (χ4n) is 3.62. The number of piperidine rings is 1. The summed E-state index contributed by atoms with van der Waals surface area (Å²) >= 11 is 0. The van der Waals surface area contributed by atoms with E-state index < -0.39 is 12.1 Å². The summed E-state index contributed by atoms with van der Waals surface area (Å²) in [6.45, 7) is 0. The maximum Gasteiger partial charge on any atom is 0.335 e. The Kier molecular flexibility index (Phi) is 4.27. The summed E-state index contributed by atoms with van der Waals surface area (Å²) in [5, 5.41) is 10.0. The molecular weight excluding hydrogens is 268 g/mol.